The minimum Gasteiger partial charge on any atom is -0.226 e. The molecule has 0 fully saturated rings. The summed E-state index contributed by atoms with van der Waals surface area (Å²) in [6.07, 6.45) is -31.0. The van der Waals surface area contributed by atoms with Gasteiger partial charge in [-0.15, -0.1) is 0 Å². The zero-order valence-electron chi connectivity index (χ0n) is 34.0. The van der Waals surface area contributed by atoms with Crippen LogP contribution in [0.1, 0.15) is 23.0 Å². The minimum atomic E-state index is -8.03. The number of benzene rings is 2. The summed E-state index contributed by atoms with van der Waals surface area (Å²) in [5, 5.41) is 0. The monoisotopic (exact) mass is 1180 g/mol. The molecule has 0 bridgehead atoms. The van der Waals surface area contributed by atoms with Crippen molar-refractivity contribution in [2.45, 2.75) is 95.8 Å². The fourth-order valence-electron chi connectivity index (χ4n) is 5.41. The Bertz CT molecular complexity index is 2440. The molecule has 2 aromatic heterocycles. The first kappa shape index (κ1) is 62.5. The maximum atomic E-state index is 15.0. The summed E-state index contributed by atoms with van der Waals surface area (Å²) in [6.45, 7) is 0. The van der Waals surface area contributed by atoms with Gasteiger partial charge in [0.25, 0.3) is 0 Å². The third-order valence-electron chi connectivity index (χ3n) is 9.76. The predicted octanol–water partition coefficient (Wildman–Crippen LogP) is 15.4. The minimum absolute atomic E-state index is 0.0875. The van der Waals surface area contributed by atoms with Crippen LogP contribution in [0.4, 0.5) is 158 Å². The standard InChI is InChI=1S/C35H9F36N5/c36-20(37,24(44,45)28(52,53)32(60,61)62)14-9-15(21(38,39)25(46,47)29(54,55)33(63,64)65)73-16(72-14)12-5-1-10(2-6-12)11-3-7-13(8-4-11)17-74-18(22(40,41)26(48,49)30(56,57)34(66,67)68)76-19(75-17)23(42,43)27(50,51)31(58,59)35(69,70)71/h1-9H. The molecule has 426 valence electrons. The summed E-state index contributed by atoms with van der Waals surface area (Å²) in [5.74, 6) is -106. The van der Waals surface area contributed by atoms with Gasteiger partial charge in [0.2, 0.25) is 11.6 Å². The van der Waals surface area contributed by atoms with Gasteiger partial charge in [-0.3, -0.25) is 0 Å². The lowest BCUT2D eigenvalue weighted by Gasteiger charge is -2.35. The van der Waals surface area contributed by atoms with Gasteiger partial charge in [0, 0.05) is 11.1 Å². The fourth-order valence-corrected chi connectivity index (χ4v) is 5.41. The number of hydrogen-bond acceptors (Lipinski definition) is 5. The number of halogens is 36. The third-order valence-corrected chi connectivity index (χ3v) is 9.76. The maximum absolute atomic E-state index is 15.0. The second kappa shape index (κ2) is 17.8. The quantitative estimate of drug-likeness (QED) is 0.111. The van der Waals surface area contributed by atoms with Crippen molar-refractivity contribution >= 4 is 0 Å². The first-order valence-electron chi connectivity index (χ1n) is 18.0. The lowest BCUT2D eigenvalue weighted by Crippen LogP contribution is -2.61. The number of nitrogens with zero attached hydrogens (tertiary/aromatic N) is 5. The van der Waals surface area contributed by atoms with Gasteiger partial charge in [0.1, 0.15) is 11.4 Å². The number of aromatic nitrogens is 5. The topological polar surface area (TPSA) is 64.5 Å². The first-order chi connectivity index (χ1) is 33.3. The molecular formula is C35H9F36N5. The van der Waals surface area contributed by atoms with E-state index in [0.717, 1.165) is 0 Å². The van der Waals surface area contributed by atoms with E-state index in [1.807, 2.05) is 0 Å². The lowest BCUT2D eigenvalue weighted by molar-refractivity contribution is -0.402. The van der Waals surface area contributed by atoms with Gasteiger partial charge >= 0.3 is 95.8 Å². The van der Waals surface area contributed by atoms with E-state index in [4.69, 9.17) is 0 Å². The van der Waals surface area contributed by atoms with Crippen molar-refractivity contribution < 1.29 is 158 Å². The van der Waals surface area contributed by atoms with Crippen molar-refractivity contribution in [2.24, 2.45) is 0 Å². The van der Waals surface area contributed by atoms with Crippen LogP contribution in [0.3, 0.4) is 0 Å². The number of alkyl halides is 36. The molecule has 0 saturated carbocycles. The van der Waals surface area contributed by atoms with Crippen molar-refractivity contribution in [1.29, 1.82) is 0 Å². The summed E-state index contributed by atoms with van der Waals surface area (Å²) < 4.78 is 496. The molecule has 0 N–H and O–H groups in total. The normalized spacial score (nSPS) is 15.4. The summed E-state index contributed by atoms with van der Waals surface area (Å²) in [4.78, 5) is 10.3. The van der Waals surface area contributed by atoms with Gasteiger partial charge in [-0.2, -0.15) is 158 Å². The molecule has 0 atom stereocenters. The van der Waals surface area contributed by atoms with Crippen molar-refractivity contribution in [2.75, 3.05) is 0 Å². The van der Waals surface area contributed by atoms with Crippen LogP contribution in [0, 0.1) is 0 Å². The number of rotatable bonds is 15. The van der Waals surface area contributed by atoms with Crippen LogP contribution in [-0.4, -0.2) is 97.0 Å². The average Bonchev–Trinajstić information content (AvgIpc) is 3.26. The Balaban J connectivity index is 1.96. The average molecular weight is 1180 g/mol. The summed E-state index contributed by atoms with van der Waals surface area (Å²) in [6, 6.07) is -0.106. The molecule has 0 aliphatic rings. The number of hydrogen-bond donors (Lipinski definition) is 0. The van der Waals surface area contributed by atoms with E-state index < -0.39 is 159 Å². The van der Waals surface area contributed by atoms with Crippen LogP contribution in [0.5, 0.6) is 0 Å². The third kappa shape index (κ3) is 9.22. The van der Waals surface area contributed by atoms with Crippen LogP contribution >= 0.6 is 0 Å². The molecule has 0 unspecified atom stereocenters. The zero-order valence-corrected chi connectivity index (χ0v) is 34.0. The van der Waals surface area contributed by atoms with Crippen molar-refractivity contribution in [3.8, 4) is 33.9 Å². The maximum Gasteiger partial charge on any atom is 0.460 e. The molecule has 0 aliphatic carbocycles. The molecule has 4 rings (SSSR count). The van der Waals surface area contributed by atoms with E-state index in [1.165, 1.54) is 4.98 Å². The van der Waals surface area contributed by atoms with Gasteiger partial charge < -0.3 is 0 Å². The highest BCUT2D eigenvalue weighted by Gasteiger charge is 2.87. The molecule has 41 heteroatoms. The van der Waals surface area contributed by atoms with E-state index >= 15 is 0 Å². The first-order valence-corrected chi connectivity index (χ1v) is 18.0. The lowest BCUT2D eigenvalue weighted by atomic mass is 9.96. The molecule has 0 radical (unpaired) electrons. The molecular weight excluding hydrogens is 1170 g/mol. The van der Waals surface area contributed by atoms with E-state index in [0.29, 0.717) is 24.3 Å². The molecule has 4 aromatic rings. The van der Waals surface area contributed by atoms with Crippen LogP contribution in [0.15, 0.2) is 54.6 Å². The SMILES string of the molecule is FC(F)(F)C(F)(F)C(F)(F)C(F)(F)c1cc(C(F)(F)C(F)(F)C(F)(F)C(F)(F)F)nc(-c2ccc(-c3ccc(-c4nc(C(F)(F)C(F)(F)C(F)(F)C(F)(F)F)nc(C(F)(F)C(F)(F)C(F)(F)C(F)(F)F)n4)cc3)cc2)n1. The largest absolute Gasteiger partial charge is 0.460 e. The van der Waals surface area contributed by atoms with Crippen LogP contribution < -0.4 is 0 Å². The highest BCUT2D eigenvalue weighted by Crippen LogP contribution is 2.61. The Morgan fingerprint density at radius 1 is 0.211 bits per heavy atom. The second-order valence-corrected chi connectivity index (χ2v) is 14.8. The Labute approximate surface area is 390 Å². The molecule has 76 heavy (non-hydrogen) atoms. The molecule has 2 heterocycles. The predicted molar refractivity (Wildman–Crippen MR) is 171 cm³/mol. The van der Waals surface area contributed by atoms with Crippen molar-refractivity contribution in [3.63, 3.8) is 0 Å². The molecule has 0 spiro atoms. The van der Waals surface area contributed by atoms with Crippen LogP contribution in [0.2, 0.25) is 0 Å². The molecule has 0 aliphatic heterocycles. The molecule has 5 nitrogen and oxygen atoms in total. The van der Waals surface area contributed by atoms with Crippen LogP contribution in [0.25, 0.3) is 33.9 Å². The highest BCUT2D eigenvalue weighted by atomic mass is 19.5. The fraction of sp³-hybridized carbons (Fsp3) is 0.457. The Morgan fingerprint density at radius 2 is 0.408 bits per heavy atom. The van der Waals surface area contributed by atoms with Gasteiger partial charge in [-0.05, 0) is 17.2 Å². The second-order valence-electron chi connectivity index (χ2n) is 14.8. The van der Waals surface area contributed by atoms with Gasteiger partial charge in [0.05, 0.1) is 0 Å². The summed E-state index contributed by atoms with van der Waals surface area (Å²) in [7, 11) is 0. The molecule has 0 saturated heterocycles. The Morgan fingerprint density at radius 3 is 0.632 bits per heavy atom. The Hall–Kier alpha value is -5.99. The smallest absolute Gasteiger partial charge is 0.226 e. The zero-order chi connectivity index (χ0) is 59.7. The summed E-state index contributed by atoms with van der Waals surface area (Å²) >= 11 is 0. The van der Waals surface area contributed by atoms with Crippen molar-refractivity contribution in [1.82, 2.24) is 24.9 Å². The van der Waals surface area contributed by atoms with E-state index in [1.54, 1.807) is 0 Å². The van der Waals surface area contributed by atoms with E-state index in [9.17, 15) is 158 Å². The molecule has 2 aromatic carbocycles. The molecule has 0 amide bonds. The van der Waals surface area contributed by atoms with Gasteiger partial charge in [-0.1, -0.05) is 48.5 Å². The van der Waals surface area contributed by atoms with Crippen molar-refractivity contribution in [3.05, 3.63) is 77.6 Å². The van der Waals surface area contributed by atoms with Crippen LogP contribution in [-0.2, 0) is 23.7 Å². The van der Waals surface area contributed by atoms with E-state index in [-0.39, 0.29) is 24.3 Å². The van der Waals surface area contributed by atoms with Gasteiger partial charge in [0.15, 0.2) is 11.6 Å². The van der Waals surface area contributed by atoms with Gasteiger partial charge in [-0.25, -0.2) is 24.9 Å². The highest BCUT2D eigenvalue weighted by molar-refractivity contribution is 5.70. The Kier molecular flexibility index (Phi) is 14.6. The van der Waals surface area contributed by atoms with E-state index in [2.05, 4.69) is 19.9 Å². The summed E-state index contributed by atoms with van der Waals surface area (Å²) in [5.41, 5.74) is -11.7.